The number of nitrogens with two attached hydrogens (primary N) is 1. The van der Waals surface area contributed by atoms with Gasteiger partial charge in [-0.05, 0) is 24.5 Å². The molecule has 0 bridgehead atoms. The van der Waals surface area contributed by atoms with Crippen molar-refractivity contribution < 1.29 is 8.42 Å². The Morgan fingerprint density at radius 1 is 1.32 bits per heavy atom. The van der Waals surface area contributed by atoms with Crippen molar-refractivity contribution in [3.63, 3.8) is 0 Å². The monoisotopic (exact) mass is 285 g/mol. The molecular formula is C13H23N3O2S. The van der Waals surface area contributed by atoms with E-state index in [9.17, 15) is 8.42 Å². The molecule has 5 nitrogen and oxygen atoms in total. The molecule has 0 unspecified atom stereocenters. The van der Waals surface area contributed by atoms with Crippen LogP contribution in [-0.4, -0.2) is 19.9 Å². The third-order valence-electron chi connectivity index (χ3n) is 2.82. The Morgan fingerprint density at radius 3 is 2.58 bits per heavy atom. The summed E-state index contributed by atoms with van der Waals surface area (Å²) in [7, 11) is -3.44. The minimum absolute atomic E-state index is 0.188. The van der Waals surface area contributed by atoms with Crippen LogP contribution in [0.2, 0.25) is 0 Å². The maximum absolute atomic E-state index is 11.9. The van der Waals surface area contributed by atoms with Crippen molar-refractivity contribution in [2.75, 3.05) is 6.54 Å². The summed E-state index contributed by atoms with van der Waals surface area (Å²) >= 11 is 0. The van der Waals surface area contributed by atoms with E-state index in [1.165, 1.54) is 12.3 Å². The topological polar surface area (TPSA) is 85.1 Å². The summed E-state index contributed by atoms with van der Waals surface area (Å²) in [6.07, 6.45) is 4.35. The summed E-state index contributed by atoms with van der Waals surface area (Å²) in [5.41, 5.74) is 6.10. The van der Waals surface area contributed by atoms with Crippen molar-refractivity contribution in [3.05, 3.63) is 24.0 Å². The summed E-state index contributed by atoms with van der Waals surface area (Å²) < 4.78 is 26.5. The molecule has 0 fully saturated rings. The first-order chi connectivity index (χ1) is 8.95. The van der Waals surface area contributed by atoms with Gasteiger partial charge >= 0.3 is 0 Å². The molecule has 1 aromatic rings. The number of nitrogens with zero attached hydrogens (tertiary/aromatic N) is 1. The number of rotatable bonds is 8. The zero-order valence-corrected chi connectivity index (χ0v) is 12.4. The molecule has 1 rings (SSSR count). The van der Waals surface area contributed by atoms with Gasteiger partial charge in [0, 0.05) is 19.3 Å². The molecule has 1 heterocycles. The van der Waals surface area contributed by atoms with E-state index in [4.69, 9.17) is 5.73 Å². The lowest BCUT2D eigenvalue weighted by molar-refractivity contribution is 0.530. The van der Waals surface area contributed by atoms with Gasteiger partial charge in [0.1, 0.15) is 4.90 Å². The van der Waals surface area contributed by atoms with E-state index in [1.807, 2.05) is 0 Å². The molecule has 0 saturated carbocycles. The smallest absolute Gasteiger partial charge is 0.242 e. The first kappa shape index (κ1) is 16.1. The summed E-state index contributed by atoms with van der Waals surface area (Å²) in [5, 5.41) is 0. The van der Waals surface area contributed by atoms with E-state index in [-0.39, 0.29) is 4.90 Å². The molecular weight excluding hydrogens is 262 g/mol. The zero-order chi connectivity index (χ0) is 14.3. The molecule has 0 radical (unpaired) electrons. The second-order valence-corrected chi connectivity index (χ2v) is 6.74. The van der Waals surface area contributed by atoms with Crippen molar-refractivity contribution in [1.82, 2.24) is 9.71 Å². The highest BCUT2D eigenvalue weighted by Crippen LogP contribution is 2.09. The van der Waals surface area contributed by atoms with E-state index in [1.54, 1.807) is 6.07 Å². The molecule has 0 aliphatic carbocycles. The van der Waals surface area contributed by atoms with Crippen LogP contribution in [0.25, 0.3) is 0 Å². The van der Waals surface area contributed by atoms with Crippen molar-refractivity contribution in [3.8, 4) is 0 Å². The number of aromatic nitrogens is 1. The van der Waals surface area contributed by atoms with Gasteiger partial charge in [0.2, 0.25) is 10.0 Å². The predicted octanol–water partition coefficient (Wildman–Crippen LogP) is 1.64. The Kier molecular flexibility index (Phi) is 6.41. The van der Waals surface area contributed by atoms with Gasteiger partial charge in [0.05, 0.1) is 5.69 Å². The normalized spacial score (nSPS) is 12.0. The van der Waals surface area contributed by atoms with Gasteiger partial charge in [-0.25, -0.2) is 13.1 Å². The Morgan fingerprint density at radius 2 is 2.05 bits per heavy atom. The van der Waals surface area contributed by atoms with Gasteiger partial charge in [0.15, 0.2) is 0 Å². The molecule has 3 N–H and O–H groups in total. The predicted molar refractivity (Wildman–Crippen MR) is 76.0 cm³/mol. The van der Waals surface area contributed by atoms with Crippen LogP contribution in [0.3, 0.4) is 0 Å². The molecule has 6 heteroatoms. The molecule has 0 aromatic carbocycles. The number of unbranched alkanes of at least 4 members (excludes halogenated alkanes) is 1. The fourth-order valence-electron chi connectivity index (χ4n) is 1.66. The molecule has 0 aliphatic heterocycles. The lowest BCUT2D eigenvalue weighted by Crippen LogP contribution is -2.25. The second-order valence-electron chi connectivity index (χ2n) is 4.98. The van der Waals surface area contributed by atoms with Crippen LogP contribution in [0.1, 0.15) is 38.8 Å². The molecule has 19 heavy (non-hydrogen) atoms. The Labute approximate surface area is 115 Å². The minimum Gasteiger partial charge on any atom is -0.325 e. The SMILES string of the molecule is CC(C)CCCCNS(=O)(=O)c1ccc(CN)nc1. The Hall–Kier alpha value is -0.980. The largest absolute Gasteiger partial charge is 0.325 e. The maximum Gasteiger partial charge on any atom is 0.242 e. The average molecular weight is 285 g/mol. The van der Waals surface area contributed by atoms with Crippen molar-refractivity contribution in [2.45, 2.75) is 44.6 Å². The maximum atomic E-state index is 11.9. The van der Waals surface area contributed by atoms with Gasteiger partial charge in [-0.3, -0.25) is 4.98 Å². The quantitative estimate of drug-likeness (QED) is 0.711. The summed E-state index contributed by atoms with van der Waals surface area (Å²) in [6, 6.07) is 3.17. The lowest BCUT2D eigenvalue weighted by Gasteiger charge is -2.07. The van der Waals surface area contributed by atoms with Gasteiger partial charge in [-0.2, -0.15) is 0 Å². The molecule has 108 valence electrons. The third kappa shape index (κ3) is 5.67. The molecule has 0 saturated heterocycles. The molecule has 0 amide bonds. The fraction of sp³-hybridized carbons (Fsp3) is 0.615. The van der Waals surface area contributed by atoms with Crippen molar-refractivity contribution in [2.24, 2.45) is 11.7 Å². The van der Waals surface area contributed by atoms with Crippen LogP contribution >= 0.6 is 0 Å². The van der Waals surface area contributed by atoms with Gasteiger partial charge < -0.3 is 5.73 Å². The molecule has 0 atom stereocenters. The zero-order valence-electron chi connectivity index (χ0n) is 11.6. The highest BCUT2D eigenvalue weighted by molar-refractivity contribution is 7.89. The Balaban J connectivity index is 2.46. The standard InChI is InChI=1S/C13H23N3O2S/c1-11(2)5-3-4-8-16-19(17,18)13-7-6-12(9-14)15-10-13/h6-7,10-11,16H,3-5,8-9,14H2,1-2H3. The molecule has 0 aliphatic rings. The molecule has 0 spiro atoms. The van der Waals surface area contributed by atoms with E-state index < -0.39 is 10.0 Å². The minimum atomic E-state index is -3.44. The van der Waals surface area contributed by atoms with Crippen LogP contribution in [0.15, 0.2) is 23.2 Å². The fourth-order valence-corrected chi connectivity index (χ4v) is 2.68. The molecule has 1 aromatic heterocycles. The van der Waals surface area contributed by atoms with Crippen LogP contribution in [-0.2, 0) is 16.6 Å². The van der Waals surface area contributed by atoms with Gasteiger partial charge in [-0.1, -0.05) is 26.7 Å². The third-order valence-corrected chi connectivity index (χ3v) is 4.26. The average Bonchev–Trinajstić information content (AvgIpc) is 2.38. The van der Waals surface area contributed by atoms with Crippen LogP contribution in [0, 0.1) is 5.92 Å². The van der Waals surface area contributed by atoms with E-state index >= 15 is 0 Å². The summed E-state index contributed by atoms with van der Waals surface area (Å²) in [5.74, 6) is 0.657. The van der Waals surface area contributed by atoms with E-state index in [0.717, 1.165) is 19.3 Å². The second kappa shape index (κ2) is 7.57. The first-order valence-electron chi connectivity index (χ1n) is 6.60. The van der Waals surface area contributed by atoms with Crippen molar-refractivity contribution >= 4 is 10.0 Å². The first-order valence-corrected chi connectivity index (χ1v) is 8.08. The lowest BCUT2D eigenvalue weighted by atomic mass is 10.1. The van der Waals surface area contributed by atoms with Crippen LogP contribution in [0.4, 0.5) is 0 Å². The van der Waals surface area contributed by atoms with E-state index in [0.29, 0.717) is 24.7 Å². The summed E-state index contributed by atoms with van der Waals surface area (Å²) in [4.78, 5) is 4.18. The number of hydrogen-bond acceptors (Lipinski definition) is 4. The van der Waals surface area contributed by atoms with Gasteiger partial charge in [0.25, 0.3) is 0 Å². The number of pyridine rings is 1. The number of nitrogens with one attached hydrogen (secondary N) is 1. The Bertz CT molecular complexity index is 469. The van der Waals surface area contributed by atoms with Crippen LogP contribution in [0.5, 0.6) is 0 Å². The van der Waals surface area contributed by atoms with Gasteiger partial charge in [-0.15, -0.1) is 0 Å². The highest BCUT2D eigenvalue weighted by atomic mass is 32.2. The van der Waals surface area contributed by atoms with Crippen LogP contribution < -0.4 is 10.5 Å². The summed E-state index contributed by atoms with van der Waals surface area (Å²) in [6.45, 7) is 5.10. The number of hydrogen-bond donors (Lipinski definition) is 2. The van der Waals surface area contributed by atoms with Crippen molar-refractivity contribution in [1.29, 1.82) is 0 Å². The number of sulfonamides is 1. The van der Waals surface area contributed by atoms with E-state index in [2.05, 4.69) is 23.6 Å². The highest BCUT2D eigenvalue weighted by Gasteiger charge is 2.13.